The minimum Gasteiger partial charge on any atom is -0.342 e. The summed E-state index contributed by atoms with van der Waals surface area (Å²) in [5.41, 5.74) is 3.17. The fraction of sp³-hybridized carbons (Fsp3) is 0.429. The number of nitrogens with zero attached hydrogens (tertiary/aromatic N) is 3. The lowest BCUT2D eigenvalue weighted by molar-refractivity contribution is -0.121. The number of fused-ring (bicyclic) bond motifs is 3. The van der Waals surface area contributed by atoms with Gasteiger partial charge in [-0.05, 0) is 50.7 Å². The highest BCUT2D eigenvalue weighted by atomic mass is 16.2. The number of anilines is 2. The Bertz CT molecular complexity index is 1070. The average Bonchev–Trinajstić information content (AvgIpc) is 3.00. The second-order valence-electron chi connectivity index (χ2n) is 7.89. The summed E-state index contributed by atoms with van der Waals surface area (Å²) in [4.78, 5) is 35.0. The van der Waals surface area contributed by atoms with Crippen LogP contribution in [0.1, 0.15) is 48.1 Å². The predicted octanol–water partition coefficient (Wildman–Crippen LogP) is 2.01. The first kappa shape index (κ1) is 17.0. The fourth-order valence-electron chi connectivity index (χ4n) is 4.94. The Morgan fingerprint density at radius 3 is 2.71 bits per heavy atom. The molecule has 1 aromatic heterocycles. The Morgan fingerprint density at radius 2 is 1.93 bits per heavy atom. The molecule has 1 aliphatic carbocycles. The molecule has 2 aliphatic heterocycles. The van der Waals surface area contributed by atoms with E-state index in [4.69, 9.17) is 4.98 Å². The highest BCUT2D eigenvalue weighted by Gasteiger charge is 2.50. The quantitative estimate of drug-likeness (QED) is 0.794. The summed E-state index contributed by atoms with van der Waals surface area (Å²) in [6, 6.07) is 7.67. The summed E-state index contributed by atoms with van der Waals surface area (Å²) in [6.07, 6.45) is 4.94. The number of carbonyl (C=O) groups is 1. The van der Waals surface area contributed by atoms with Crippen LogP contribution in [0.15, 0.2) is 23.0 Å². The Hall–Kier alpha value is -3.14. The van der Waals surface area contributed by atoms with Crippen LogP contribution in [0.4, 0.5) is 11.6 Å². The number of carbonyl (C=O) groups excluding carboxylic acids is 1. The van der Waals surface area contributed by atoms with Crippen molar-refractivity contribution in [2.24, 2.45) is 0 Å². The highest BCUT2D eigenvalue weighted by molar-refractivity contribution is 6.07. The molecule has 1 fully saturated rings. The zero-order valence-corrected chi connectivity index (χ0v) is 15.5. The first-order valence-corrected chi connectivity index (χ1v) is 9.84. The van der Waals surface area contributed by atoms with Gasteiger partial charge >= 0.3 is 0 Å². The summed E-state index contributed by atoms with van der Waals surface area (Å²) in [7, 11) is 0. The van der Waals surface area contributed by atoms with Crippen LogP contribution in [0.25, 0.3) is 0 Å². The van der Waals surface area contributed by atoms with Gasteiger partial charge < -0.3 is 10.2 Å². The third-order valence-electron chi connectivity index (χ3n) is 6.44. The van der Waals surface area contributed by atoms with Crippen molar-refractivity contribution >= 4 is 17.5 Å². The van der Waals surface area contributed by atoms with Crippen molar-refractivity contribution in [1.82, 2.24) is 9.97 Å². The van der Waals surface area contributed by atoms with Crippen molar-refractivity contribution < 1.29 is 4.79 Å². The smallest absolute Gasteiger partial charge is 0.255 e. The molecule has 0 atom stereocenters. The van der Waals surface area contributed by atoms with Crippen molar-refractivity contribution in [3.63, 3.8) is 0 Å². The molecule has 142 valence electrons. The topological polar surface area (TPSA) is 102 Å². The number of piperidine rings is 1. The van der Waals surface area contributed by atoms with E-state index in [0.717, 1.165) is 48.2 Å². The first-order valence-electron chi connectivity index (χ1n) is 9.84. The molecule has 28 heavy (non-hydrogen) atoms. The standard InChI is InChI=1S/C21H21N5O2/c22-12-13-4-3-7-16-17(13)21(19(28)23-16)8-10-26(11-9-21)20-24-15-6-2-1-5-14(15)18(27)25-20/h3-4,7H,1-2,5-6,8-11H2,(H,23,28)(H,24,25,27). The Kier molecular flexibility index (Phi) is 3.76. The minimum atomic E-state index is -0.674. The lowest BCUT2D eigenvalue weighted by Crippen LogP contribution is -2.47. The lowest BCUT2D eigenvalue weighted by atomic mass is 9.72. The molecular weight excluding hydrogens is 354 g/mol. The first-order chi connectivity index (χ1) is 13.6. The molecule has 7 heteroatoms. The maximum absolute atomic E-state index is 12.9. The number of aryl methyl sites for hydroxylation is 1. The minimum absolute atomic E-state index is 0.0308. The Labute approximate surface area is 162 Å². The Balaban J connectivity index is 1.46. The van der Waals surface area contributed by atoms with Crippen LogP contribution in [-0.2, 0) is 23.1 Å². The van der Waals surface area contributed by atoms with Crippen LogP contribution in [0.3, 0.4) is 0 Å². The van der Waals surface area contributed by atoms with Crippen molar-refractivity contribution in [1.29, 1.82) is 5.26 Å². The predicted molar refractivity (Wildman–Crippen MR) is 104 cm³/mol. The van der Waals surface area contributed by atoms with E-state index in [1.807, 2.05) is 6.07 Å². The van der Waals surface area contributed by atoms with Gasteiger partial charge in [0.25, 0.3) is 5.56 Å². The van der Waals surface area contributed by atoms with E-state index >= 15 is 0 Å². The van der Waals surface area contributed by atoms with Crippen LogP contribution in [-0.4, -0.2) is 29.0 Å². The molecule has 1 aromatic carbocycles. The summed E-state index contributed by atoms with van der Waals surface area (Å²) in [5, 5.41) is 12.5. The molecule has 1 saturated heterocycles. The number of aromatic nitrogens is 2. The van der Waals surface area contributed by atoms with E-state index in [9.17, 15) is 14.9 Å². The second kappa shape index (κ2) is 6.20. The maximum atomic E-state index is 12.9. The highest BCUT2D eigenvalue weighted by Crippen LogP contribution is 2.46. The summed E-state index contributed by atoms with van der Waals surface area (Å²) >= 11 is 0. The molecule has 7 nitrogen and oxygen atoms in total. The summed E-state index contributed by atoms with van der Waals surface area (Å²) < 4.78 is 0. The van der Waals surface area contributed by atoms with Gasteiger partial charge in [0, 0.05) is 29.9 Å². The molecular formula is C21H21N5O2. The maximum Gasteiger partial charge on any atom is 0.255 e. The van der Waals surface area contributed by atoms with Gasteiger partial charge in [0.1, 0.15) is 0 Å². The monoisotopic (exact) mass is 375 g/mol. The van der Waals surface area contributed by atoms with Gasteiger partial charge in [-0.2, -0.15) is 5.26 Å². The van der Waals surface area contributed by atoms with Gasteiger partial charge in [-0.25, -0.2) is 4.98 Å². The number of nitriles is 1. The number of nitrogens with one attached hydrogen (secondary N) is 2. The SMILES string of the molecule is N#Cc1cccc2c1C1(CCN(c3nc4c(c(=O)[nH]3)CCCC4)CC1)C(=O)N2. The van der Waals surface area contributed by atoms with E-state index < -0.39 is 5.41 Å². The normalized spacial score (nSPS) is 19.7. The van der Waals surface area contributed by atoms with E-state index in [1.165, 1.54) is 0 Å². The van der Waals surface area contributed by atoms with Gasteiger partial charge in [-0.1, -0.05) is 6.07 Å². The molecule has 0 unspecified atom stereocenters. The van der Waals surface area contributed by atoms with Crippen LogP contribution in [0.5, 0.6) is 0 Å². The number of rotatable bonds is 1. The molecule has 3 aliphatic rings. The average molecular weight is 375 g/mol. The number of amides is 1. The largest absolute Gasteiger partial charge is 0.342 e. The third kappa shape index (κ3) is 2.37. The van der Waals surface area contributed by atoms with Crippen molar-refractivity contribution in [3.05, 3.63) is 50.9 Å². The van der Waals surface area contributed by atoms with Crippen LogP contribution in [0, 0.1) is 11.3 Å². The summed E-state index contributed by atoms with van der Waals surface area (Å²) in [5.74, 6) is 0.574. The van der Waals surface area contributed by atoms with Gasteiger partial charge in [-0.3, -0.25) is 14.6 Å². The number of hydrogen-bond acceptors (Lipinski definition) is 5. The number of benzene rings is 1. The van der Waals surface area contributed by atoms with Crippen LogP contribution in [0.2, 0.25) is 0 Å². The van der Waals surface area contributed by atoms with Crippen molar-refractivity contribution in [2.45, 2.75) is 43.9 Å². The number of H-pyrrole nitrogens is 1. The number of aromatic amines is 1. The summed E-state index contributed by atoms with van der Waals surface area (Å²) in [6.45, 7) is 1.21. The van der Waals surface area contributed by atoms with E-state index in [1.54, 1.807) is 12.1 Å². The molecule has 1 spiro atoms. The van der Waals surface area contributed by atoms with Crippen LogP contribution >= 0.6 is 0 Å². The molecule has 0 bridgehead atoms. The molecule has 3 heterocycles. The van der Waals surface area contributed by atoms with E-state index in [0.29, 0.717) is 37.4 Å². The van der Waals surface area contributed by atoms with Gasteiger partial charge in [-0.15, -0.1) is 0 Å². The fourth-order valence-corrected chi connectivity index (χ4v) is 4.94. The molecule has 2 aromatic rings. The number of hydrogen-bond donors (Lipinski definition) is 2. The third-order valence-corrected chi connectivity index (χ3v) is 6.44. The molecule has 0 saturated carbocycles. The zero-order valence-electron chi connectivity index (χ0n) is 15.5. The van der Waals surface area contributed by atoms with Gasteiger partial charge in [0.05, 0.1) is 22.7 Å². The van der Waals surface area contributed by atoms with E-state index in [2.05, 4.69) is 21.3 Å². The molecule has 5 rings (SSSR count). The molecule has 2 N–H and O–H groups in total. The van der Waals surface area contributed by atoms with Gasteiger partial charge in [0.2, 0.25) is 11.9 Å². The van der Waals surface area contributed by atoms with Crippen molar-refractivity contribution in [3.8, 4) is 6.07 Å². The lowest BCUT2D eigenvalue weighted by Gasteiger charge is -2.38. The Morgan fingerprint density at radius 1 is 1.14 bits per heavy atom. The van der Waals surface area contributed by atoms with E-state index in [-0.39, 0.29) is 11.5 Å². The zero-order chi connectivity index (χ0) is 19.3. The van der Waals surface area contributed by atoms with Crippen molar-refractivity contribution in [2.75, 3.05) is 23.3 Å². The van der Waals surface area contributed by atoms with Gasteiger partial charge in [0.15, 0.2) is 0 Å². The second-order valence-corrected chi connectivity index (χ2v) is 7.89. The van der Waals surface area contributed by atoms with Crippen LogP contribution < -0.4 is 15.8 Å². The molecule has 1 amide bonds. The molecule has 0 radical (unpaired) electrons.